The Morgan fingerprint density at radius 2 is 1.41 bits per heavy atom. The van der Waals surface area contributed by atoms with Crippen LogP contribution >= 0.6 is 0 Å². The van der Waals surface area contributed by atoms with E-state index in [0.717, 1.165) is 40.7 Å². The Hall–Kier alpha value is -4.13. The maximum absolute atomic E-state index is 14.5. The highest BCUT2D eigenvalue weighted by molar-refractivity contribution is 5.93. The monoisotopic (exact) mass is 555 g/mol. The molecule has 0 heterocycles. The minimum Gasteiger partial charge on any atom is -0.444 e. The number of benzene rings is 3. The lowest BCUT2D eigenvalue weighted by atomic mass is 9.93. The van der Waals surface area contributed by atoms with Gasteiger partial charge in [-0.25, -0.2) is 4.79 Å². The molecule has 1 aliphatic carbocycles. The van der Waals surface area contributed by atoms with Gasteiger partial charge in [0, 0.05) is 19.0 Å². The van der Waals surface area contributed by atoms with Gasteiger partial charge in [-0.3, -0.25) is 9.59 Å². The van der Waals surface area contributed by atoms with Crippen molar-refractivity contribution in [1.82, 2.24) is 15.5 Å². The van der Waals surface area contributed by atoms with Gasteiger partial charge in [0.1, 0.15) is 17.7 Å². The largest absolute Gasteiger partial charge is 0.444 e. The molecular formula is C34H41N3O4. The third kappa shape index (κ3) is 8.19. The number of hydrogen-bond acceptors (Lipinski definition) is 4. The molecule has 3 aromatic carbocycles. The molecule has 3 aromatic rings. The summed E-state index contributed by atoms with van der Waals surface area (Å²) in [6.07, 6.45) is 1.19. The fourth-order valence-corrected chi connectivity index (χ4v) is 5.09. The number of carbonyl (C=O) groups is 3. The van der Waals surface area contributed by atoms with Gasteiger partial charge < -0.3 is 20.3 Å². The topological polar surface area (TPSA) is 87.7 Å². The van der Waals surface area contributed by atoms with Gasteiger partial charge in [0.25, 0.3) is 0 Å². The second-order valence-corrected chi connectivity index (χ2v) is 11.8. The average Bonchev–Trinajstić information content (AvgIpc) is 3.76. The summed E-state index contributed by atoms with van der Waals surface area (Å²) in [6.45, 7) is 9.63. The molecule has 1 saturated carbocycles. The lowest BCUT2D eigenvalue weighted by Gasteiger charge is -2.36. The minimum absolute atomic E-state index is 0.104. The van der Waals surface area contributed by atoms with E-state index in [-0.39, 0.29) is 24.3 Å². The van der Waals surface area contributed by atoms with Crippen molar-refractivity contribution in [1.29, 1.82) is 0 Å². The first-order valence-corrected chi connectivity index (χ1v) is 14.3. The summed E-state index contributed by atoms with van der Waals surface area (Å²) in [5.74, 6) is -0.549. The Morgan fingerprint density at radius 1 is 0.854 bits per heavy atom. The molecule has 0 spiro atoms. The zero-order valence-electron chi connectivity index (χ0n) is 24.6. The fourth-order valence-electron chi connectivity index (χ4n) is 5.09. The van der Waals surface area contributed by atoms with Crippen molar-refractivity contribution in [2.45, 2.75) is 84.2 Å². The zero-order valence-corrected chi connectivity index (χ0v) is 24.6. The Bertz CT molecular complexity index is 1330. The maximum Gasteiger partial charge on any atom is 0.408 e. The van der Waals surface area contributed by atoms with E-state index in [9.17, 15) is 14.4 Å². The lowest BCUT2D eigenvalue weighted by molar-refractivity contribution is -0.143. The van der Waals surface area contributed by atoms with Gasteiger partial charge in [-0.05, 0) is 75.3 Å². The molecule has 41 heavy (non-hydrogen) atoms. The molecule has 0 bridgehead atoms. The number of hydrogen-bond donors (Lipinski definition) is 2. The van der Waals surface area contributed by atoms with Gasteiger partial charge in [-0.15, -0.1) is 0 Å². The van der Waals surface area contributed by atoms with Crippen LogP contribution in [0.25, 0.3) is 0 Å². The fraction of sp³-hybridized carbons (Fsp3) is 0.382. The lowest BCUT2D eigenvalue weighted by Crippen LogP contribution is -2.54. The van der Waals surface area contributed by atoms with Crippen molar-refractivity contribution in [3.8, 4) is 0 Å². The van der Waals surface area contributed by atoms with E-state index in [1.165, 1.54) is 0 Å². The molecule has 0 aliphatic heterocycles. The molecule has 216 valence electrons. The summed E-state index contributed by atoms with van der Waals surface area (Å²) >= 11 is 0. The van der Waals surface area contributed by atoms with Crippen molar-refractivity contribution in [3.05, 3.63) is 107 Å². The zero-order chi connectivity index (χ0) is 29.6. The Balaban J connectivity index is 1.71. The number of carbonyl (C=O) groups excluding carboxylic acids is 3. The van der Waals surface area contributed by atoms with E-state index in [0.29, 0.717) is 6.54 Å². The van der Waals surface area contributed by atoms with Crippen LogP contribution in [0.2, 0.25) is 0 Å². The summed E-state index contributed by atoms with van der Waals surface area (Å²) in [4.78, 5) is 43.2. The van der Waals surface area contributed by atoms with Gasteiger partial charge >= 0.3 is 6.09 Å². The summed E-state index contributed by atoms with van der Waals surface area (Å²) in [5, 5.41) is 5.92. The van der Waals surface area contributed by atoms with Crippen LogP contribution in [0.3, 0.4) is 0 Å². The number of ether oxygens (including phenoxy) is 1. The molecular weight excluding hydrogens is 514 g/mol. The van der Waals surface area contributed by atoms with E-state index in [4.69, 9.17) is 4.74 Å². The van der Waals surface area contributed by atoms with E-state index < -0.39 is 23.8 Å². The van der Waals surface area contributed by atoms with Crippen LogP contribution in [0, 0.1) is 13.8 Å². The minimum atomic E-state index is -0.915. The molecule has 4 rings (SSSR count). The van der Waals surface area contributed by atoms with Crippen molar-refractivity contribution in [3.63, 3.8) is 0 Å². The Morgan fingerprint density at radius 3 is 1.95 bits per heavy atom. The average molecular weight is 556 g/mol. The van der Waals surface area contributed by atoms with Crippen LogP contribution in [0.5, 0.6) is 0 Å². The first kappa shape index (κ1) is 29.8. The third-order valence-electron chi connectivity index (χ3n) is 7.12. The first-order chi connectivity index (χ1) is 19.5. The molecule has 1 fully saturated rings. The predicted octanol–water partition coefficient (Wildman–Crippen LogP) is 5.79. The van der Waals surface area contributed by atoms with Crippen molar-refractivity contribution in [2.75, 3.05) is 0 Å². The smallest absolute Gasteiger partial charge is 0.408 e. The highest BCUT2D eigenvalue weighted by Crippen LogP contribution is 2.38. The first-order valence-electron chi connectivity index (χ1n) is 14.3. The molecule has 0 radical (unpaired) electrons. The molecule has 7 nitrogen and oxygen atoms in total. The number of nitrogens with one attached hydrogen (secondary N) is 2. The second kappa shape index (κ2) is 13.0. The standard InChI is InChI=1S/C34H41N3O4/c1-23-13-12-14-24(2)29(23)30(31(38)35-22-26-17-10-7-11-18-26)37(27-19-20-27)32(39)28(21-25-15-8-6-9-16-25)36-33(40)41-34(3,4)5/h6-18,27-28,30H,19-22H2,1-5H3,(H,35,38)(H,36,40). The number of alkyl carbamates (subject to hydrolysis) is 1. The maximum atomic E-state index is 14.5. The van der Waals surface area contributed by atoms with Crippen LogP contribution < -0.4 is 10.6 Å². The van der Waals surface area contributed by atoms with Gasteiger partial charge in [-0.2, -0.15) is 0 Å². The highest BCUT2D eigenvalue weighted by atomic mass is 16.6. The van der Waals surface area contributed by atoms with Crippen LogP contribution in [-0.4, -0.2) is 40.5 Å². The number of rotatable bonds is 10. The molecule has 3 amide bonds. The van der Waals surface area contributed by atoms with Gasteiger partial charge in [0.15, 0.2) is 0 Å². The molecule has 2 atom stereocenters. The van der Waals surface area contributed by atoms with E-state index >= 15 is 0 Å². The van der Waals surface area contributed by atoms with E-state index in [1.807, 2.05) is 92.7 Å². The van der Waals surface area contributed by atoms with Gasteiger partial charge in [0.2, 0.25) is 11.8 Å². The van der Waals surface area contributed by atoms with Crippen LogP contribution in [0.1, 0.15) is 67.5 Å². The number of aryl methyl sites for hydroxylation is 2. The van der Waals surface area contributed by atoms with Crippen molar-refractivity contribution < 1.29 is 19.1 Å². The molecule has 7 heteroatoms. The van der Waals surface area contributed by atoms with Crippen molar-refractivity contribution >= 4 is 17.9 Å². The van der Waals surface area contributed by atoms with E-state index in [1.54, 1.807) is 25.7 Å². The normalized spacial score (nSPS) is 14.5. The third-order valence-corrected chi connectivity index (χ3v) is 7.12. The summed E-state index contributed by atoms with van der Waals surface area (Å²) in [7, 11) is 0. The highest BCUT2D eigenvalue weighted by Gasteiger charge is 2.44. The molecule has 1 aliphatic rings. The Kier molecular flexibility index (Phi) is 9.48. The number of nitrogens with zero attached hydrogens (tertiary/aromatic N) is 1. The molecule has 0 aromatic heterocycles. The molecule has 2 N–H and O–H groups in total. The van der Waals surface area contributed by atoms with E-state index in [2.05, 4.69) is 10.6 Å². The number of amides is 3. The van der Waals surface area contributed by atoms with Gasteiger partial charge in [-0.1, -0.05) is 78.9 Å². The molecule has 0 saturated heterocycles. The van der Waals surface area contributed by atoms with Crippen LogP contribution in [0.4, 0.5) is 4.79 Å². The van der Waals surface area contributed by atoms with Crippen molar-refractivity contribution in [2.24, 2.45) is 0 Å². The molecule has 2 unspecified atom stereocenters. The predicted molar refractivity (Wildman–Crippen MR) is 160 cm³/mol. The summed E-state index contributed by atoms with van der Waals surface area (Å²) in [6, 6.07) is 23.3. The Labute approximate surface area is 243 Å². The van der Waals surface area contributed by atoms with Crippen LogP contribution in [-0.2, 0) is 27.3 Å². The van der Waals surface area contributed by atoms with Gasteiger partial charge in [0.05, 0.1) is 0 Å². The van der Waals surface area contributed by atoms with Crippen LogP contribution in [0.15, 0.2) is 78.9 Å². The SMILES string of the molecule is Cc1cccc(C)c1C(C(=O)NCc1ccccc1)N(C(=O)C(Cc1ccccc1)NC(=O)OC(C)(C)C)C1CC1. The summed E-state index contributed by atoms with van der Waals surface area (Å²) in [5.41, 5.74) is 3.83. The summed E-state index contributed by atoms with van der Waals surface area (Å²) < 4.78 is 5.53. The quantitative estimate of drug-likeness (QED) is 0.332. The second-order valence-electron chi connectivity index (χ2n) is 11.8.